The molecule has 0 N–H and O–H groups in total. The van der Waals surface area contributed by atoms with Crippen LogP contribution in [0.25, 0.3) is 20.5 Å². The van der Waals surface area contributed by atoms with Crippen LogP contribution < -0.4 is 14.2 Å². The lowest BCUT2D eigenvalue weighted by atomic mass is 9.91. The lowest BCUT2D eigenvalue weighted by molar-refractivity contribution is -0.0281. The lowest BCUT2D eigenvalue weighted by Gasteiger charge is -2.41. The van der Waals surface area contributed by atoms with E-state index in [-0.39, 0.29) is 11.9 Å². The topological polar surface area (TPSA) is 60.5 Å². The highest BCUT2D eigenvalue weighted by molar-refractivity contribution is 7.22. The van der Waals surface area contributed by atoms with Gasteiger partial charge in [-0.25, -0.2) is 0 Å². The molecule has 2 unspecified atom stereocenters. The average Bonchev–Trinajstić information content (AvgIpc) is 3.77. The largest absolute Gasteiger partial charge is 0.497 e. The van der Waals surface area contributed by atoms with Crippen LogP contribution in [0.15, 0.2) is 66.7 Å². The average molecular weight is 641 g/mol. The highest BCUT2D eigenvalue weighted by Crippen LogP contribution is 2.42. The number of ether oxygens (including phenoxy) is 4. The molecule has 242 valence electrons. The Bertz CT molecular complexity index is 1610. The van der Waals surface area contributed by atoms with Crippen LogP contribution in [0.4, 0.5) is 0 Å². The molecule has 1 aliphatic carbocycles. The van der Waals surface area contributed by atoms with E-state index in [1.165, 1.54) is 38.8 Å². The van der Waals surface area contributed by atoms with Crippen LogP contribution in [-0.4, -0.2) is 87.4 Å². The molecule has 0 radical (unpaired) electrons. The third-order valence-electron chi connectivity index (χ3n) is 9.70. The third kappa shape index (κ3) is 6.95. The van der Waals surface area contributed by atoms with E-state index in [1.807, 2.05) is 54.6 Å². The first-order valence-electron chi connectivity index (χ1n) is 16.9. The standard InChI is InChI=1S/C38H44N2O5S/c1-42-31-16-17-32-35(26-31)46-38(28-10-12-29(13-11-28)44-25-20-39-18-4-5-19-39)36(32)37(41)27-8-14-30(15-9-27)45-34-7-3-2-6-33(34)40-21-23-43-24-22-40/h8-17,26,33-34H,2-7,18-25H2,1H3. The van der Waals surface area contributed by atoms with Crippen molar-refractivity contribution in [2.75, 3.05) is 59.7 Å². The summed E-state index contributed by atoms with van der Waals surface area (Å²) < 4.78 is 24.8. The van der Waals surface area contributed by atoms with E-state index in [0.29, 0.717) is 18.2 Å². The number of hydrogen-bond donors (Lipinski definition) is 0. The number of ketones is 1. The van der Waals surface area contributed by atoms with Gasteiger partial charge >= 0.3 is 0 Å². The molecule has 0 bridgehead atoms. The van der Waals surface area contributed by atoms with Gasteiger partial charge in [-0.2, -0.15) is 0 Å². The van der Waals surface area contributed by atoms with E-state index in [4.69, 9.17) is 18.9 Å². The molecule has 4 aromatic rings. The summed E-state index contributed by atoms with van der Waals surface area (Å²) in [7, 11) is 1.67. The van der Waals surface area contributed by atoms with Crippen molar-refractivity contribution in [3.63, 3.8) is 0 Å². The zero-order valence-electron chi connectivity index (χ0n) is 26.7. The smallest absolute Gasteiger partial charge is 0.195 e. The summed E-state index contributed by atoms with van der Waals surface area (Å²) in [6, 6.07) is 22.3. The van der Waals surface area contributed by atoms with E-state index < -0.39 is 0 Å². The Labute approximate surface area is 276 Å². The van der Waals surface area contributed by atoms with Gasteiger partial charge in [0, 0.05) is 51.8 Å². The summed E-state index contributed by atoms with van der Waals surface area (Å²) >= 11 is 1.62. The second-order valence-electron chi connectivity index (χ2n) is 12.6. The molecule has 2 atom stereocenters. The number of carbonyl (C=O) groups is 1. The fraction of sp³-hybridized carbons (Fsp3) is 0.447. The molecule has 0 amide bonds. The van der Waals surface area contributed by atoms with Crippen LogP contribution in [0, 0.1) is 0 Å². The maximum atomic E-state index is 14.3. The van der Waals surface area contributed by atoms with Gasteiger partial charge in [0.2, 0.25) is 0 Å². The molecule has 1 saturated carbocycles. The van der Waals surface area contributed by atoms with Crippen LogP contribution in [0.2, 0.25) is 0 Å². The first-order valence-corrected chi connectivity index (χ1v) is 17.7. The summed E-state index contributed by atoms with van der Waals surface area (Å²) in [5.74, 6) is 2.46. The summed E-state index contributed by atoms with van der Waals surface area (Å²) in [5.41, 5.74) is 2.37. The first-order chi connectivity index (χ1) is 22.7. The molecule has 0 spiro atoms. The number of nitrogens with zero attached hydrogens (tertiary/aromatic N) is 2. The quantitative estimate of drug-likeness (QED) is 0.159. The molecule has 8 heteroatoms. The zero-order valence-corrected chi connectivity index (χ0v) is 27.6. The predicted octanol–water partition coefficient (Wildman–Crippen LogP) is 7.30. The molecule has 3 fully saturated rings. The highest BCUT2D eigenvalue weighted by Gasteiger charge is 2.32. The predicted molar refractivity (Wildman–Crippen MR) is 184 cm³/mol. The van der Waals surface area contributed by atoms with Crippen molar-refractivity contribution in [3.8, 4) is 27.7 Å². The molecule has 7 nitrogen and oxygen atoms in total. The van der Waals surface area contributed by atoms with Gasteiger partial charge in [-0.05, 0) is 117 Å². The molecule has 46 heavy (non-hydrogen) atoms. The molecule has 7 rings (SSSR count). The summed E-state index contributed by atoms with van der Waals surface area (Å²) in [4.78, 5) is 20.2. The van der Waals surface area contributed by atoms with E-state index >= 15 is 0 Å². The normalized spacial score (nSPS) is 21.0. The number of hydrogen-bond acceptors (Lipinski definition) is 8. The van der Waals surface area contributed by atoms with Crippen LogP contribution in [0.5, 0.6) is 17.2 Å². The molecule has 2 aliphatic heterocycles. The Morgan fingerprint density at radius 3 is 2.33 bits per heavy atom. The number of fused-ring (bicyclic) bond motifs is 1. The number of carbonyl (C=O) groups excluding carboxylic acids is 1. The Morgan fingerprint density at radius 1 is 0.848 bits per heavy atom. The number of benzene rings is 3. The fourth-order valence-electron chi connectivity index (χ4n) is 7.18. The molecule has 3 aromatic carbocycles. The van der Waals surface area contributed by atoms with Gasteiger partial charge in [-0.1, -0.05) is 6.42 Å². The van der Waals surface area contributed by atoms with Crippen LogP contribution in [-0.2, 0) is 4.74 Å². The van der Waals surface area contributed by atoms with Gasteiger partial charge < -0.3 is 18.9 Å². The zero-order chi connectivity index (χ0) is 31.3. The van der Waals surface area contributed by atoms with E-state index in [0.717, 1.165) is 89.0 Å². The minimum absolute atomic E-state index is 0.00719. The summed E-state index contributed by atoms with van der Waals surface area (Å²) in [6.45, 7) is 7.50. The Balaban J connectivity index is 1.10. The second-order valence-corrected chi connectivity index (χ2v) is 13.7. The summed E-state index contributed by atoms with van der Waals surface area (Å²) in [5, 5.41) is 0.938. The lowest BCUT2D eigenvalue weighted by Crippen LogP contribution is -2.52. The minimum atomic E-state index is 0.00719. The number of morpholine rings is 1. The Kier molecular flexibility index (Phi) is 9.86. The van der Waals surface area contributed by atoms with Crippen molar-refractivity contribution in [1.82, 2.24) is 9.80 Å². The van der Waals surface area contributed by atoms with E-state index in [9.17, 15) is 4.79 Å². The van der Waals surface area contributed by atoms with Gasteiger partial charge in [-0.15, -0.1) is 11.3 Å². The van der Waals surface area contributed by atoms with Gasteiger partial charge in [0.05, 0.1) is 20.3 Å². The van der Waals surface area contributed by atoms with Crippen LogP contribution >= 0.6 is 11.3 Å². The van der Waals surface area contributed by atoms with Crippen molar-refractivity contribution in [2.24, 2.45) is 0 Å². The van der Waals surface area contributed by atoms with Crippen LogP contribution in [0.1, 0.15) is 54.4 Å². The van der Waals surface area contributed by atoms with E-state index in [2.05, 4.69) is 21.9 Å². The molecular weight excluding hydrogens is 596 g/mol. The van der Waals surface area contributed by atoms with Gasteiger partial charge in [0.15, 0.2) is 5.78 Å². The maximum Gasteiger partial charge on any atom is 0.195 e. The molecule has 3 heterocycles. The fourth-order valence-corrected chi connectivity index (χ4v) is 8.41. The Morgan fingerprint density at radius 2 is 1.57 bits per heavy atom. The number of likely N-dealkylation sites (tertiary alicyclic amines) is 1. The number of thiophene rings is 1. The minimum Gasteiger partial charge on any atom is -0.497 e. The van der Waals surface area contributed by atoms with E-state index in [1.54, 1.807) is 18.4 Å². The highest BCUT2D eigenvalue weighted by atomic mass is 32.1. The van der Waals surface area contributed by atoms with Crippen LogP contribution in [0.3, 0.4) is 0 Å². The molecule has 2 saturated heterocycles. The van der Waals surface area contributed by atoms with Gasteiger partial charge in [-0.3, -0.25) is 14.6 Å². The van der Waals surface area contributed by atoms with Crippen molar-refractivity contribution < 1.29 is 23.7 Å². The van der Waals surface area contributed by atoms with Crippen molar-refractivity contribution in [1.29, 1.82) is 0 Å². The monoisotopic (exact) mass is 640 g/mol. The summed E-state index contributed by atoms with van der Waals surface area (Å²) in [6.07, 6.45) is 7.36. The number of rotatable bonds is 11. The first kappa shape index (κ1) is 31.2. The van der Waals surface area contributed by atoms with Gasteiger partial charge in [0.1, 0.15) is 30.0 Å². The second kappa shape index (κ2) is 14.6. The third-order valence-corrected chi connectivity index (χ3v) is 10.9. The van der Waals surface area contributed by atoms with Crippen molar-refractivity contribution in [2.45, 2.75) is 50.7 Å². The molecule has 1 aromatic heterocycles. The molecular formula is C38H44N2O5S. The number of methoxy groups -OCH3 is 1. The Hall–Kier alpha value is -3.43. The van der Waals surface area contributed by atoms with Crippen molar-refractivity contribution >= 4 is 27.2 Å². The molecule has 3 aliphatic rings. The van der Waals surface area contributed by atoms with Gasteiger partial charge in [0.25, 0.3) is 0 Å². The maximum absolute atomic E-state index is 14.3. The SMILES string of the molecule is COc1ccc2c(C(=O)c3ccc(OC4CCCCC4N4CCOCC4)cc3)c(-c3ccc(OCCN4CCCC4)cc3)sc2c1. The van der Waals surface area contributed by atoms with Crippen molar-refractivity contribution in [3.05, 3.63) is 77.9 Å².